The summed E-state index contributed by atoms with van der Waals surface area (Å²) in [4.78, 5) is 9.22. The summed E-state index contributed by atoms with van der Waals surface area (Å²) in [5, 5.41) is 0. The zero-order chi connectivity index (χ0) is 17.8. The van der Waals surface area contributed by atoms with Gasteiger partial charge >= 0.3 is 0 Å². The van der Waals surface area contributed by atoms with E-state index < -0.39 is 0 Å². The van der Waals surface area contributed by atoms with E-state index in [-0.39, 0.29) is 0 Å². The van der Waals surface area contributed by atoms with Crippen molar-refractivity contribution in [2.75, 3.05) is 7.11 Å². The summed E-state index contributed by atoms with van der Waals surface area (Å²) in [6, 6.07) is 28.4. The van der Waals surface area contributed by atoms with Crippen LogP contribution in [0.3, 0.4) is 0 Å². The van der Waals surface area contributed by atoms with Crippen LogP contribution in [0.4, 0.5) is 0 Å². The van der Waals surface area contributed by atoms with Gasteiger partial charge in [0, 0.05) is 16.7 Å². The van der Waals surface area contributed by atoms with Crippen molar-refractivity contribution in [2.45, 2.75) is 0 Å². The van der Waals surface area contributed by atoms with Gasteiger partial charge in [0.15, 0.2) is 0 Å². The van der Waals surface area contributed by atoms with Gasteiger partial charge < -0.3 is 4.74 Å². The molecule has 0 saturated carbocycles. The molecule has 3 aromatic carbocycles. The highest BCUT2D eigenvalue weighted by Crippen LogP contribution is 2.37. The van der Waals surface area contributed by atoms with E-state index in [2.05, 4.69) is 46.4 Å². The van der Waals surface area contributed by atoms with Crippen LogP contribution in [0.5, 0.6) is 5.75 Å². The first-order valence-corrected chi connectivity index (χ1v) is 8.47. The van der Waals surface area contributed by atoms with E-state index in [1.54, 1.807) is 13.4 Å². The molecule has 0 aliphatic heterocycles. The van der Waals surface area contributed by atoms with Gasteiger partial charge in [-0.05, 0) is 17.7 Å². The summed E-state index contributed by atoms with van der Waals surface area (Å²) >= 11 is 0. The molecule has 0 bridgehead atoms. The van der Waals surface area contributed by atoms with Crippen LogP contribution >= 0.6 is 0 Å². The molecule has 3 nitrogen and oxygen atoms in total. The van der Waals surface area contributed by atoms with E-state index in [0.717, 1.165) is 39.4 Å². The maximum absolute atomic E-state index is 5.30. The third-order valence-electron chi connectivity index (χ3n) is 4.32. The van der Waals surface area contributed by atoms with Crippen molar-refractivity contribution in [3.05, 3.63) is 91.3 Å². The lowest BCUT2D eigenvalue weighted by Gasteiger charge is -2.14. The predicted molar refractivity (Wildman–Crippen MR) is 105 cm³/mol. The summed E-state index contributed by atoms with van der Waals surface area (Å²) in [6.45, 7) is 0. The normalized spacial score (nSPS) is 10.5. The summed E-state index contributed by atoms with van der Waals surface area (Å²) in [5.41, 5.74) is 6.06. The van der Waals surface area contributed by atoms with E-state index in [9.17, 15) is 0 Å². The SMILES string of the molecule is COc1ccc(-c2c(-c3ccccc3)ncnc2-c2ccccc2)cc1. The lowest BCUT2D eigenvalue weighted by atomic mass is 9.94. The zero-order valence-corrected chi connectivity index (χ0v) is 14.5. The molecule has 4 aromatic rings. The molecular weight excluding hydrogens is 320 g/mol. The molecule has 0 aliphatic carbocycles. The molecule has 0 unspecified atom stereocenters. The number of ether oxygens (including phenoxy) is 1. The van der Waals surface area contributed by atoms with Crippen molar-refractivity contribution in [1.29, 1.82) is 0 Å². The Kier molecular flexibility index (Phi) is 4.44. The molecule has 126 valence electrons. The van der Waals surface area contributed by atoms with Crippen molar-refractivity contribution in [2.24, 2.45) is 0 Å². The van der Waals surface area contributed by atoms with Gasteiger partial charge in [0.25, 0.3) is 0 Å². The minimum Gasteiger partial charge on any atom is -0.497 e. The van der Waals surface area contributed by atoms with Gasteiger partial charge in [0.2, 0.25) is 0 Å². The Hall–Kier alpha value is -3.46. The summed E-state index contributed by atoms with van der Waals surface area (Å²) < 4.78 is 5.30. The topological polar surface area (TPSA) is 35.0 Å². The summed E-state index contributed by atoms with van der Waals surface area (Å²) in [6.07, 6.45) is 1.64. The third kappa shape index (κ3) is 3.07. The lowest BCUT2D eigenvalue weighted by molar-refractivity contribution is 0.415. The van der Waals surface area contributed by atoms with Crippen LogP contribution in [-0.4, -0.2) is 17.1 Å². The number of aromatic nitrogens is 2. The van der Waals surface area contributed by atoms with Crippen molar-refractivity contribution in [3.8, 4) is 39.4 Å². The number of rotatable bonds is 4. The van der Waals surface area contributed by atoms with E-state index in [1.165, 1.54) is 0 Å². The minimum atomic E-state index is 0.827. The fourth-order valence-electron chi connectivity index (χ4n) is 3.05. The van der Waals surface area contributed by atoms with E-state index in [1.807, 2.05) is 48.5 Å². The maximum atomic E-state index is 5.30. The van der Waals surface area contributed by atoms with Crippen LogP contribution in [-0.2, 0) is 0 Å². The summed E-state index contributed by atoms with van der Waals surface area (Å²) in [7, 11) is 1.67. The first kappa shape index (κ1) is 16.0. The zero-order valence-electron chi connectivity index (χ0n) is 14.5. The molecule has 0 saturated heterocycles. The number of hydrogen-bond donors (Lipinski definition) is 0. The predicted octanol–water partition coefficient (Wildman–Crippen LogP) is 5.49. The highest BCUT2D eigenvalue weighted by molar-refractivity contribution is 5.90. The van der Waals surface area contributed by atoms with Gasteiger partial charge in [-0.3, -0.25) is 0 Å². The van der Waals surface area contributed by atoms with Gasteiger partial charge in [-0.2, -0.15) is 0 Å². The molecule has 0 radical (unpaired) electrons. The van der Waals surface area contributed by atoms with Gasteiger partial charge in [-0.1, -0.05) is 72.8 Å². The second-order valence-corrected chi connectivity index (χ2v) is 5.91. The molecular formula is C23H18N2O. The fraction of sp³-hybridized carbons (Fsp3) is 0.0435. The average molecular weight is 338 g/mol. The molecule has 26 heavy (non-hydrogen) atoms. The van der Waals surface area contributed by atoms with Crippen LogP contribution in [0, 0.1) is 0 Å². The molecule has 4 rings (SSSR count). The molecule has 0 N–H and O–H groups in total. The molecule has 1 heterocycles. The smallest absolute Gasteiger partial charge is 0.118 e. The first-order valence-electron chi connectivity index (χ1n) is 8.47. The highest BCUT2D eigenvalue weighted by Gasteiger charge is 2.16. The Bertz CT molecular complexity index is 940. The third-order valence-corrected chi connectivity index (χ3v) is 4.32. The Morgan fingerprint density at radius 2 is 1.08 bits per heavy atom. The maximum Gasteiger partial charge on any atom is 0.118 e. The minimum absolute atomic E-state index is 0.827. The molecule has 0 fully saturated rings. The van der Waals surface area contributed by atoms with Crippen LogP contribution in [0.2, 0.25) is 0 Å². The molecule has 1 aromatic heterocycles. The Morgan fingerprint density at radius 1 is 0.577 bits per heavy atom. The second-order valence-electron chi connectivity index (χ2n) is 5.91. The van der Waals surface area contributed by atoms with Crippen LogP contribution < -0.4 is 4.74 Å². The van der Waals surface area contributed by atoms with Gasteiger partial charge in [-0.15, -0.1) is 0 Å². The van der Waals surface area contributed by atoms with Crippen molar-refractivity contribution in [3.63, 3.8) is 0 Å². The van der Waals surface area contributed by atoms with Crippen LogP contribution in [0.15, 0.2) is 91.3 Å². The molecule has 0 amide bonds. The number of benzene rings is 3. The number of methoxy groups -OCH3 is 1. The Labute approximate surface area is 153 Å². The number of nitrogens with zero attached hydrogens (tertiary/aromatic N) is 2. The van der Waals surface area contributed by atoms with Gasteiger partial charge in [0.1, 0.15) is 12.1 Å². The Balaban J connectivity index is 1.98. The highest BCUT2D eigenvalue weighted by atomic mass is 16.5. The van der Waals surface area contributed by atoms with E-state index in [0.29, 0.717) is 0 Å². The molecule has 3 heteroatoms. The second kappa shape index (κ2) is 7.19. The monoisotopic (exact) mass is 338 g/mol. The number of hydrogen-bond acceptors (Lipinski definition) is 3. The first-order chi connectivity index (χ1) is 12.9. The largest absolute Gasteiger partial charge is 0.497 e. The van der Waals surface area contributed by atoms with Gasteiger partial charge in [0.05, 0.1) is 18.5 Å². The van der Waals surface area contributed by atoms with E-state index in [4.69, 9.17) is 4.74 Å². The summed E-state index contributed by atoms with van der Waals surface area (Å²) in [5.74, 6) is 0.827. The average Bonchev–Trinajstić information content (AvgIpc) is 2.74. The van der Waals surface area contributed by atoms with Crippen LogP contribution in [0.25, 0.3) is 33.6 Å². The molecule has 0 spiro atoms. The van der Waals surface area contributed by atoms with Gasteiger partial charge in [-0.25, -0.2) is 9.97 Å². The quantitative estimate of drug-likeness (QED) is 0.494. The standard InChI is InChI=1S/C23H18N2O/c1-26-20-14-12-17(13-15-20)21-22(18-8-4-2-5-9-18)24-16-25-23(21)19-10-6-3-7-11-19/h2-16H,1H3. The van der Waals surface area contributed by atoms with Crippen LogP contribution in [0.1, 0.15) is 0 Å². The van der Waals surface area contributed by atoms with Crippen molar-refractivity contribution < 1.29 is 4.74 Å². The Morgan fingerprint density at radius 3 is 1.54 bits per heavy atom. The van der Waals surface area contributed by atoms with E-state index >= 15 is 0 Å². The fourth-order valence-corrected chi connectivity index (χ4v) is 3.05. The van der Waals surface area contributed by atoms with Crippen molar-refractivity contribution in [1.82, 2.24) is 9.97 Å². The molecule has 0 atom stereocenters. The lowest BCUT2D eigenvalue weighted by Crippen LogP contribution is -1.96. The molecule has 0 aliphatic rings. The van der Waals surface area contributed by atoms with Crippen molar-refractivity contribution >= 4 is 0 Å².